The molecule has 0 saturated carbocycles. The van der Waals surface area contributed by atoms with Crippen molar-refractivity contribution in [3.63, 3.8) is 0 Å². The summed E-state index contributed by atoms with van der Waals surface area (Å²) in [5.74, 6) is 0.682. The molecule has 0 amide bonds. The summed E-state index contributed by atoms with van der Waals surface area (Å²) < 4.78 is 32.8. The van der Waals surface area contributed by atoms with Crippen LogP contribution in [0.1, 0.15) is 19.8 Å². The SMILES string of the molecule is COc1cc(Br)c(N)cc1S(=O)(=O)N1CCCC(C)C1. The van der Waals surface area contributed by atoms with Gasteiger partial charge in [0.2, 0.25) is 10.0 Å². The van der Waals surface area contributed by atoms with Crippen molar-refractivity contribution < 1.29 is 13.2 Å². The van der Waals surface area contributed by atoms with Gasteiger partial charge in [-0.3, -0.25) is 0 Å². The maximum Gasteiger partial charge on any atom is 0.246 e. The number of piperidine rings is 1. The van der Waals surface area contributed by atoms with Gasteiger partial charge in [0.05, 0.1) is 7.11 Å². The van der Waals surface area contributed by atoms with Crippen molar-refractivity contribution >= 4 is 31.6 Å². The van der Waals surface area contributed by atoms with Crippen molar-refractivity contribution in [1.29, 1.82) is 0 Å². The molecule has 1 heterocycles. The van der Waals surface area contributed by atoms with Gasteiger partial charge in [0.15, 0.2) is 0 Å². The molecular formula is C13H19BrN2O3S. The number of nitrogen functional groups attached to an aromatic ring is 1. The first-order valence-corrected chi connectivity index (χ1v) is 8.72. The van der Waals surface area contributed by atoms with Crippen molar-refractivity contribution in [3.8, 4) is 5.75 Å². The highest BCUT2D eigenvalue weighted by molar-refractivity contribution is 9.10. The third-order valence-corrected chi connectivity index (χ3v) is 6.09. The van der Waals surface area contributed by atoms with Crippen molar-refractivity contribution in [3.05, 3.63) is 16.6 Å². The fraction of sp³-hybridized carbons (Fsp3) is 0.538. The summed E-state index contributed by atoms with van der Waals surface area (Å²) in [7, 11) is -2.12. The Bertz CT molecular complexity index is 604. The largest absolute Gasteiger partial charge is 0.495 e. The first kappa shape index (κ1) is 15.6. The van der Waals surface area contributed by atoms with Gasteiger partial charge < -0.3 is 10.5 Å². The van der Waals surface area contributed by atoms with Crippen LogP contribution in [-0.4, -0.2) is 32.9 Å². The molecule has 5 nitrogen and oxygen atoms in total. The molecule has 1 unspecified atom stereocenters. The molecule has 2 N–H and O–H groups in total. The molecule has 0 radical (unpaired) electrons. The summed E-state index contributed by atoms with van der Waals surface area (Å²) in [5.41, 5.74) is 6.20. The van der Waals surface area contributed by atoms with Crippen LogP contribution in [0.5, 0.6) is 5.75 Å². The lowest BCUT2D eigenvalue weighted by atomic mass is 10.0. The molecule has 1 aromatic rings. The molecule has 0 aromatic heterocycles. The van der Waals surface area contributed by atoms with Crippen LogP contribution in [0.3, 0.4) is 0 Å². The average molecular weight is 363 g/mol. The quantitative estimate of drug-likeness (QED) is 0.838. The number of methoxy groups -OCH3 is 1. The summed E-state index contributed by atoms with van der Waals surface area (Å²) in [6.07, 6.45) is 1.94. The number of rotatable bonds is 3. The Morgan fingerprint density at radius 3 is 2.75 bits per heavy atom. The van der Waals surface area contributed by atoms with Gasteiger partial charge in [-0.2, -0.15) is 4.31 Å². The van der Waals surface area contributed by atoms with E-state index in [0.29, 0.717) is 34.9 Å². The Balaban J connectivity index is 2.46. The van der Waals surface area contributed by atoms with E-state index in [-0.39, 0.29) is 4.90 Å². The van der Waals surface area contributed by atoms with Gasteiger partial charge in [-0.15, -0.1) is 0 Å². The van der Waals surface area contributed by atoms with Crippen LogP contribution in [0, 0.1) is 5.92 Å². The van der Waals surface area contributed by atoms with E-state index in [1.807, 2.05) is 0 Å². The summed E-state index contributed by atoms with van der Waals surface area (Å²) in [4.78, 5) is 0.134. The second-order valence-electron chi connectivity index (χ2n) is 5.14. The molecule has 2 rings (SSSR count). The molecule has 0 bridgehead atoms. The molecule has 112 valence electrons. The molecular weight excluding hydrogens is 344 g/mol. The van der Waals surface area contributed by atoms with Gasteiger partial charge in [0, 0.05) is 23.2 Å². The Morgan fingerprint density at radius 2 is 2.15 bits per heavy atom. The maximum absolute atomic E-state index is 12.8. The molecule has 1 aliphatic heterocycles. The van der Waals surface area contributed by atoms with Crippen molar-refractivity contribution in [2.24, 2.45) is 5.92 Å². The summed E-state index contributed by atoms with van der Waals surface area (Å²) in [6.45, 7) is 3.15. The van der Waals surface area contributed by atoms with Crippen LogP contribution in [-0.2, 0) is 10.0 Å². The number of nitrogens with two attached hydrogens (primary N) is 1. The topological polar surface area (TPSA) is 72.6 Å². The molecule has 20 heavy (non-hydrogen) atoms. The minimum Gasteiger partial charge on any atom is -0.495 e. The third kappa shape index (κ3) is 2.94. The van der Waals surface area contributed by atoms with E-state index in [9.17, 15) is 8.42 Å². The zero-order valence-electron chi connectivity index (χ0n) is 11.6. The summed E-state index contributed by atoms with van der Waals surface area (Å²) >= 11 is 3.28. The molecule has 7 heteroatoms. The highest BCUT2D eigenvalue weighted by Crippen LogP contribution is 2.35. The number of hydrogen-bond acceptors (Lipinski definition) is 4. The van der Waals surface area contributed by atoms with Crippen LogP contribution >= 0.6 is 15.9 Å². The van der Waals surface area contributed by atoms with Crippen LogP contribution in [0.15, 0.2) is 21.5 Å². The van der Waals surface area contributed by atoms with E-state index < -0.39 is 10.0 Å². The van der Waals surface area contributed by atoms with Crippen molar-refractivity contribution in [2.45, 2.75) is 24.7 Å². The predicted molar refractivity (Wildman–Crippen MR) is 82.3 cm³/mol. The minimum atomic E-state index is -3.57. The Kier molecular flexibility index (Phi) is 4.61. The lowest BCUT2D eigenvalue weighted by Gasteiger charge is -2.30. The number of hydrogen-bond donors (Lipinski definition) is 1. The van der Waals surface area contributed by atoms with Crippen molar-refractivity contribution in [2.75, 3.05) is 25.9 Å². The van der Waals surface area contributed by atoms with E-state index in [1.165, 1.54) is 17.5 Å². The van der Waals surface area contributed by atoms with Gasteiger partial charge >= 0.3 is 0 Å². The minimum absolute atomic E-state index is 0.134. The van der Waals surface area contributed by atoms with E-state index in [2.05, 4.69) is 22.9 Å². The summed E-state index contributed by atoms with van der Waals surface area (Å²) in [6, 6.07) is 3.05. The Hall–Kier alpha value is -0.790. The first-order chi connectivity index (χ1) is 9.36. The van der Waals surface area contributed by atoms with Gasteiger partial charge in [0.25, 0.3) is 0 Å². The number of halogens is 1. The van der Waals surface area contributed by atoms with Gasteiger partial charge in [-0.05, 0) is 46.8 Å². The first-order valence-electron chi connectivity index (χ1n) is 6.49. The fourth-order valence-corrected chi connectivity index (χ4v) is 4.51. The van der Waals surface area contributed by atoms with Crippen LogP contribution in [0.4, 0.5) is 5.69 Å². The predicted octanol–water partition coefficient (Wildman–Crippen LogP) is 2.46. The number of ether oxygens (including phenoxy) is 1. The van der Waals surface area contributed by atoms with Gasteiger partial charge in [-0.1, -0.05) is 6.92 Å². The molecule has 1 saturated heterocycles. The smallest absolute Gasteiger partial charge is 0.246 e. The number of benzene rings is 1. The number of nitrogens with zero attached hydrogens (tertiary/aromatic N) is 1. The zero-order chi connectivity index (χ0) is 14.9. The second kappa shape index (κ2) is 5.91. The highest BCUT2D eigenvalue weighted by Gasteiger charge is 2.31. The maximum atomic E-state index is 12.8. The zero-order valence-corrected chi connectivity index (χ0v) is 14.0. The molecule has 0 spiro atoms. The Morgan fingerprint density at radius 1 is 1.45 bits per heavy atom. The van der Waals surface area contributed by atoms with Crippen LogP contribution in [0.2, 0.25) is 0 Å². The second-order valence-corrected chi connectivity index (χ2v) is 7.90. The van der Waals surface area contributed by atoms with E-state index >= 15 is 0 Å². The van der Waals surface area contributed by atoms with Crippen molar-refractivity contribution in [1.82, 2.24) is 4.31 Å². The number of anilines is 1. The standard InChI is InChI=1S/C13H19BrN2O3S/c1-9-4-3-5-16(8-9)20(17,18)13-7-11(15)10(14)6-12(13)19-2/h6-7,9H,3-5,8,15H2,1-2H3. The molecule has 1 fully saturated rings. The van der Waals surface area contributed by atoms with Crippen LogP contribution < -0.4 is 10.5 Å². The van der Waals surface area contributed by atoms with Gasteiger partial charge in [0.1, 0.15) is 10.6 Å². The monoisotopic (exact) mass is 362 g/mol. The molecule has 1 aliphatic rings. The molecule has 1 aromatic carbocycles. The Labute approximate surface area is 128 Å². The third-order valence-electron chi connectivity index (χ3n) is 3.52. The number of sulfonamides is 1. The fourth-order valence-electron chi connectivity index (χ4n) is 2.42. The normalized spacial score (nSPS) is 20.9. The molecule has 0 aliphatic carbocycles. The van der Waals surface area contributed by atoms with E-state index in [1.54, 1.807) is 6.07 Å². The molecule has 1 atom stereocenters. The van der Waals surface area contributed by atoms with E-state index in [0.717, 1.165) is 12.8 Å². The average Bonchev–Trinajstić information content (AvgIpc) is 2.41. The van der Waals surface area contributed by atoms with E-state index in [4.69, 9.17) is 10.5 Å². The van der Waals surface area contributed by atoms with Crippen LogP contribution in [0.25, 0.3) is 0 Å². The highest BCUT2D eigenvalue weighted by atomic mass is 79.9. The summed E-state index contributed by atoms with van der Waals surface area (Å²) in [5, 5.41) is 0. The van der Waals surface area contributed by atoms with Gasteiger partial charge in [-0.25, -0.2) is 8.42 Å². The lowest BCUT2D eigenvalue weighted by molar-refractivity contribution is 0.280. The lowest BCUT2D eigenvalue weighted by Crippen LogP contribution is -2.39.